The van der Waals surface area contributed by atoms with Crippen molar-refractivity contribution in [3.8, 4) is 0 Å². The smallest absolute Gasteiger partial charge is 0.268 e. The van der Waals surface area contributed by atoms with Crippen LogP contribution in [0, 0.1) is 0 Å². The first-order chi connectivity index (χ1) is 10.1. The van der Waals surface area contributed by atoms with Crippen molar-refractivity contribution in [2.24, 2.45) is 0 Å². The third-order valence-corrected chi connectivity index (χ3v) is 4.87. The number of carbonyl (C=O) groups is 1. The minimum absolute atomic E-state index is 0.0230. The van der Waals surface area contributed by atoms with Crippen molar-refractivity contribution in [2.75, 3.05) is 43.4 Å². The summed E-state index contributed by atoms with van der Waals surface area (Å²) in [6.07, 6.45) is 1.03. The first-order valence-electron chi connectivity index (χ1n) is 7.52. The summed E-state index contributed by atoms with van der Waals surface area (Å²) in [5.74, 6) is 0.316. The number of rotatable bonds is 5. The summed E-state index contributed by atoms with van der Waals surface area (Å²) >= 11 is 1.39. The summed E-state index contributed by atoms with van der Waals surface area (Å²) < 4.78 is 5.61. The number of ether oxygens (including phenoxy) is 1. The minimum atomic E-state index is -0.0230. The lowest BCUT2D eigenvalue weighted by Crippen LogP contribution is -2.45. The molecule has 1 fully saturated rings. The number of anilines is 2. The highest BCUT2D eigenvalue weighted by molar-refractivity contribution is 7.18. The van der Waals surface area contributed by atoms with Gasteiger partial charge in [0.05, 0.1) is 12.7 Å². The molecular formula is C14H24N4O2S. The first kappa shape index (κ1) is 16.0. The SMILES string of the molecule is CCC1CN(C(=O)c2sc(N(CC)CC)nc2N)CCO1. The Morgan fingerprint density at radius 3 is 2.81 bits per heavy atom. The molecule has 0 aliphatic carbocycles. The lowest BCUT2D eigenvalue weighted by atomic mass is 10.2. The van der Waals surface area contributed by atoms with Crippen molar-refractivity contribution in [3.63, 3.8) is 0 Å². The Morgan fingerprint density at radius 2 is 2.19 bits per heavy atom. The van der Waals surface area contributed by atoms with Crippen LogP contribution in [0.15, 0.2) is 0 Å². The van der Waals surface area contributed by atoms with E-state index in [1.165, 1.54) is 11.3 Å². The third-order valence-electron chi connectivity index (χ3n) is 3.75. The maximum atomic E-state index is 12.6. The van der Waals surface area contributed by atoms with Crippen LogP contribution in [0.25, 0.3) is 0 Å². The van der Waals surface area contributed by atoms with Crippen molar-refractivity contribution in [1.29, 1.82) is 0 Å². The molecule has 1 unspecified atom stereocenters. The van der Waals surface area contributed by atoms with Gasteiger partial charge in [0.25, 0.3) is 5.91 Å². The highest BCUT2D eigenvalue weighted by Crippen LogP contribution is 2.29. The molecule has 2 heterocycles. The van der Waals surface area contributed by atoms with Crippen LogP contribution in [-0.2, 0) is 4.74 Å². The van der Waals surface area contributed by atoms with Gasteiger partial charge in [0.1, 0.15) is 10.7 Å². The molecule has 2 N–H and O–H groups in total. The standard InChI is InChI=1S/C14H24N4O2S/c1-4-10-9-18(7-8-20-10)13(19)11-12(15)16-14(21-11)17(5-2)6-3/h10H,4-9,15H2,1-3H3. The molecule has 1 amide bonds. The maximum absolute atomic E-state index is 12.6. The van der Waals surface area contributed by atoms with E-state index in [9.17, 15) is 4.79 Å². The molecule has 0 radical (unpaired) electrons. The van der Waals surface area contributed by atoms with Gasteiger partial charge in [-0.25, -0.2) is 4.98 Å². The minimum Gasteiger partial charge on any atom is -0.382 e. The average molecular weight is 312 g/mol. The molecule has 0 spiro atoms. The summed E-state index contributed by atoms with van der Waals surface area (Å²) in [6.45, 7) is 9.75. The van der Waals surface area contributed by atoms with E-state index in [0.29, 0.717) is 30.4 Å². The number of morpholine rings is 1. The number of nitrogen functional groups attached to an aromatic ring is 1. The van der Waals surface area contributed by atoms with E-state index in [1.807, 2.05) is 4.90 Å². The number of hydrogen-bond donors (Lipinski definition) is 1. The van der Waals surface area contributed by atoms with Crippen LogP contribution in [0.5, 0.6) is 0 Å². The van der Waals surface area contributed by atoms with E-state index >= 15 is 0 Å². The van der Waals surface area contributed by atoms with Crippen LogP contribution >= 0.6 is 11.3 Å². The number of nitrogens with zero attached hydrogens (tertiary/aromatic N) is 3. The molecule has 1 aromatic heterocycles. The van der Waals surface area contributed by atoms with E-state index in [1.54, 1.807) is 0 Å². The van der Waals surface area contributed by atoms with Gasteiger partial charge in [-0.05, 0) is 20.3 Å². The molecule has 0 bridgehead atoms. The molecular weight excluding hydrogens is 288 g/mol. The summed E-state index contributed by atoms with van der Waals surface area (Å²) in [7, 11) is 0. The summed E-state index contributed by atoms with van der Waals surface area (Å²) in [6, 6.07) is 0. The topological polar surface area (TPSA) is 71.7 Å². The average Bonchev–Trinajstić information content (AvgIpc) is 2.89. The fourth-order valence-corrected chi connectivity index (χ4v) is 3.48. The molecule has 0 aromatic carbocycles. The van der Waals surface area contributed by atoms with Gasteiger partial charge in [0.15, 0.2) is 5.13 Å². The second-order valence-corrected chi connectivity index (χ2v) is 6.01. The first-order valence-corrected chi connectivity index (χ1v) is 8.34. The zero-order valence-electron chi connectivity index (χ0n) is 13.0. The van der Waals surface area contributed by atoms with Crippen LogP contribution in [0.3, 0.4) is 0 Å². The molecule has 6 nitrogen and oxygen atoms in total. The monoisotopic (exact) mass is 312 g/mol. The lowest BCUT2D eigenvalue weighted by molar-refractivity contribution is -0.0224. The Bertz CT molecular complexity index is 487. The summed E-state index contributed by atoms with van der Waals surface area (Å²) in [5, 5.41) is 0.821. The zero-order chi connectivity index (χ0) is 15.4. The molecule has 21 heavy (non-hydrogen) atoms. The second-order valence-electron chi connectivity index (χ2n) is 5.04. The van der Waals surface area contributed by atoms with Gasteiger partial charge in [0.2, 0.25) is 0 Å². The molecule has 7 heteroatoms. The highest BCUT2D eigenvalue weighted by Gasteiger charge is 2.27. The maximum Gasteiger partial charge on any atom is 0.268 e. The quantitative estimate of drug-likeness (QED) is 0.898. The Hall–Kier alpha value is -1.34. The Morgan fingerprint density at radius 1 is 1.48 bits per heavy atom. The number of amides is 1. The van der Waals surface area contributed by atoms with Gasteiger partial charge in [-0.2, -0.15) is 0 Å². The van der Waals surface area contributed by atoms with E-state index in [-0.39, 0.29) is 12.0 Å². The van der Waals surface area contributed by atoms with Crippen molar-refractivity contribution in [1.82, 2.24) is 9.88 Å². The van der Waals surface area contributed by atoms with Gasteiger partial charge in [-0.3, -0.25) is 4.79 Å². The number of carbonyl (C=O) groups excluding carboxylic acids is 1. The number of thiazole rings is 1. The van der Waals surface area contributed by atoms with Gasteiger partial charge >= 0.3 is 0 Å². The van der Waals surface area contributed by atoms with Crippen molar-refractivity contribution in [3.05, 3.63) is 4.88 Å². The third kappa shape index (κ3) is 3.47. The van der Waals surface area contributed by atoms with Crippen LogP contribution in [0.2, 0.25) is 0 Å². The summed E-state index contributed by atoms with van der Waals surface area (Å²) in [5.41, 5.74) is 5.96. The lowest BCUT2D eigenvalue weighted by Gasteiger charge is -2.32. The molecule has 1 aromatic rings. The second kappa shape index (κ2) is 7.09. The molecule has 2 rings (SSSR count). The molecule has 118 valence electrons. The van der Waals surface area contributed by atoms with Crippen LogP contribution in [-0.4, -0.2) is 54.7 Å². The fraction of sp³-hybridized carbons (Fsp3) is 0.714. The molecule has 1 saturated heterocycles. The van der Waals surface area contributed by atoms with Crippen molar-refractivity contribution < 1.29 is 9.53 Å². The number of hydrogen-bond acceptors (Lipinski definition) is 6. The number of aromatic nitrogens is 1. The van der Waals surface area contributed by atoms with Gasteiger partial charge < -0.3 is 20.3 Å². The molecule has 0 saturated carbocycles. The van der Waals surface area contributed by atoms with Crippen LogP contribution in [0.4, 0.5) is 10.9 Å². The van der Waals surface area contributed by atoms with E-state index in [4.69, 9.17) is 10.5 Å². The molecule has 1 aliphatic rings. The zero-order valence-corrected chi connectivity index (χ0v) is 13.8. The molecule has 1 atom stereocenters. The van der Waals surface area contributed by atoms with Crippen LogP contribution in [0.1, 0.15) is 36.9 Å². The Kier molecular flexibility index (Phi) is 5.41. The van der Waals surface area contributed by atoms with Gasteiger partial charge in [0, 0.05) is 26.2 Å². The van der Waals surface area contributed by atoms with Crippen molar-refractivity contribution >= 4 is 28.2 Å². The van der Waals surface area contributed by atoms with E-state index in [2.05, 4.69) is 30.7 Å². The van der Waals surface area contributed by atoms with Gasteiger partial charge in [-0.1, -0.05) is 18.3 Å². The highest BCUT2D eigenvalue weighted by atomic mass is 32.1. The Labute approximate surface area is 129 Å². The molecule has 1 aliphatic heterocycles. The van der Waals surface area contributed by atoms with Crippen LogP contribution < -0.4 is 10.6 Å². The Balaban J connectivity index is 2.15. The largest absolute Gasteiger partial charge is 0.382 e. The predicted octanol–water partition coefficient (Wildman–Crippen LogP) is 1.82. The normalized spacial score (nSPS) is 18.8. The van der Waals surface area contributed by atoms with E-state index in [0.717, 1.165) is 24.6 Å². The summed E-state index contributed by atoms with van der Waals surface area (Å²) in [4.78, 5) is 21.5. The fourth-order valence-electron chi connectivity index (χ4n) is 2.40. The van der Waals surface area contributed by atoms with E-state index < -0.39 is 0 Å². The number of nitrogens with two attached hydrogens (primary N) is 1. The van der Waals surface area contributed by atoms with Gasteiger partial charge in [-0.15, -0.1) is 0 Å². The van der Waals surface area contributed by atoms with Crippen molar-refractivity contribution in [2.45, 2.75) is 33.3 Å². The predicted molar refractivity (Wildman–Crippen MR) is 86.0 cm³/mol.